The van der Waals surface area contributed by atoms with Crippen LogP contribution in [0, 0.1) is 5.41 Å². The fourth-order valence-corrected chi connectivity index (χ4v) is 3.29. The van der Waals surface area contributed by atoms with Crippen LogP contribution in [0.3, 0.4) is 0 Å². The molecule has 1 aliphatic heterocycles. The number of nitrogens with zero attached hydrogens (tertiary/aromatic N) is 4. The molecule has 1 aromatic heterocycles. The van der Waals surface area contributed by atoms with Crippen LogP contribution in [0.5, 0.6) is 0 Å². The predicted molar refractivity (Wildman–Crippen MR) is 84.2 cm³/mol. The van der Waals surface area contributed by atoms with Gasteiger partial charge in [-0.3, -0.25) is 4.79 Å². The number of benzene rings is 1. The van der Waals surface area contributed by atoms with Gasteiger partial charge in [0.05, 0.1) is 0 Å². The Hall–Kier alpha value is -2.17. The van der Waals surface area contributed by atoms with Gasteiger partial charge in [-0.25, -0.2) is 0 Å². The summed E-state index contributed by atoms with van der Waals surface area (Å²) in [6, 6.07) is 10.5. The van der Waals surface area contributed by atoms with Gasteiger partial charge in [0.15, 0.2) is 0 Å². The molecular formula is C17H22N4O. The number of carbonyl (C=O) groups excluding carboxylic acids is 1. The molecule has 22 heavy (non-hydrogen) atoms. The molecule has 1 atom stereocenters. The Kier molecular flexibility index (Phi) is 3.96. The average Bonchev–Trinajstić information content (AvgIpc) is 3.13. The molecule has 5 heteroatoms. The third-order valence-corrected chi connectivity index (χ3v) is 4.55. The monoisotopic (exact) mass is 298 g/mol. The quantitative estimate of drug-likeness (QED) is 0.870. The minimum Gasteiger partial charge on any atom is -0.341 e. The highest BCUT2D eigenvalue weighted by atomic mass is 16.2. The SMILES string of the molecule is CC1(C)CN(C(=O)CCn2cnnc2)C[C@H]1c1ccccc1. The van der Waals surface area contributed by atoms with Gasteiger partial charge >= 0.3 is 0 Å². The van der Waals surface area contributed by atoms with E-state index in [1.54, 1.807) is 12.7 Å². The van der Waals surface area contributed by atoms with Gasteiger partial charge in [0.2, 0.25) is 5.91 Å². The van der Waals surface area contributed by atoms with Crippen LogP contribution >= 0.6 is 0 Å². The number of rotatable bonds is 4. The van der Waals surface area contributed by atoms with E-state index in [-0.39, 0.29) is 11.3 Å². The van der Waals surface area contributed by atoms with Crippen molar-refractivity contribution in [3.63, 3.8) is 0 Å². The zero-order valence-electron chi connectivity index (χ0n) is 13.1. The molecule has 1 aliphatic rings. The first-order chi connectivity index (χ1) is 10.6. The Morgan fingerprint density at radius 2 is 1.91 bits per heavy atom. The Bertz CT molecular complexity index is 621. The first-order valence-corrected chi connectivity index (χ1v) is 7.71. The fraction of sp³-hybridized carbons (Fsp3) is 0.471. The van der Waals surface area contributed by atoms with Crippen molar-refractivity contribution >= 4 is 5.91 Å². The molecule has 1 fully saturated rings. The van der Waals surface area contributed by atoms with Gasteiger partial charge in [-0.2, -0.15) is 0 Å². The highest BCUT2D eigenvalue weighted by Crippen LogP contribution is 2.42. The average molecular weight is 298 g/mol. The summed E-state index contributed by atoms with van der Waals surface area (Å²) in [5.74, 6) is 0.604. The molecule has 2 heterocycles. The Morgan fingerprint density at radius 3 is 2.59 bits per heavy atom. The number of carbonyl (C=O) groups is 1. The van der Waals surface area contributed by atoms with Crippen LogP contribution in [0.15, 0.2) is 43.0 Å². The van der Waals surface area contributed by atoms with Crippen molar-refractivity contribution in [1.29, 1.82) is 0 Å². The lowest BCUT2D eigenvalue weighted by atomic mass is 9.78. The van der Waals surface area contributed by atoms with E-state index in [0.717, 1.165) is 13.1 Å². The molecule has 1 aromatic carbocycles. The van der Waals surface area contributed by atoms with E-state index in [1.807, 2.05) is 15.5 Å². The molecule has 0 radical (unpaired) electrons. The molecule has 5 nitrogen and oxygen atoms in total. The summed E-state index contributed by atoms with van der Waals surface area (Å²) >= 11 is 0. The van der Waals surface area contributed by atoms with Crippen LogP contribution in [0.1, 0.15) is 31.7 Å². The van der Waals surface area contributed by atoms with Crippen LogP contribution in [0.25, 0.3) is 0 Å². The lowest BCUT2D eigenvalue weighted by molar-refractivity contribution is -0.130. The topological polar surface area (TPSA) is 51.0 Å². The van der Waals surface area contributed by atoms with Crippen molar-refractivity contribution in [2.75, 3.05) is 13.1 Å². The molecule has 1 amide bonds. The largest absolute Gasteiger partial charge is 0.341 e. The van der Waals surface area contributed by atoms with Crippen LogP contribution in [0.4, 0.5) is 0 Å². The zero-order chi connectivity index (χ0) is 15.6. The molecule has 3 rings (SSSR count). The molecule has 0 aliphatic carbocycles. The van der Waals surface area contributed by atoms with E-state index in [1.165, 1.54) is 5.56 Å². The molecule has 2 aromatic rings. The number of likely N-dealkylation sites (tertiary alicyclic amines) is 1. The number of hydrogen-bond acceptors (Lipinski definition) is 3. The van der Waals surface area contributed by atoms with E-state index in [2.05, 4.69) is 48.3 Å². The third kappa shape index (κ3) is 3.03. The second-order valence-corrected chi connectivity index (χ2v) is 6.68. The van der Waals surface area contributed by atoms with Gasteiger partial charge in [-0.15, -0.1) is 10.2 Å². The summed E-state index contributed by atoms with van der Waals surface area (Å²) in [5, 5.41) is 7.52. The molecular weight excluding hydrogens is 276 g/mol. The molecule has 0 unspecified atom stereocenters. The first-order valence-electron chi connectivity index (χ1n) is 7.71. The van der Waals surface area contributed by atoms with Gasteiger partial charge < -0.3 is 9.47 Å². The summed E-state index contributed by atoms with van der Waals surface area (Å²) < 4.78 is 1.84. The minimum atomic E-state index is 0.105. The van der Waals surface area contributed by atoms with E-state index in [0.29, 0.717) is 18.9 Å². The van der Waals surface area contributed by atoms with Crippen molar-refractivity contribution < 1.29 is 4.79 Å². The molecule has 1 saturated heterocycles. The Balaban J connectivity index is 1.65. The lowest BCUT2D eigenvalue weighted by Gasteiger charge is -2.25. The number of hydrogen-bond donors (Lipinski definition) is 0. The van der Waals surface area contributed by atoms with Gasteiger partial charge in [0.1, 0.15) is 12.7 Å². The summed E-state index contributed by atoms with van der Waals surface area (Å²) in [5.41, 5.74) is 1.43. The van der Waals surface area contributed by atoms with Gasteiger partial charge in [-0.1, -0.05) is 44.2 Å². The van der Waals surface area contributed by atoms with Crippen LogP contribution in [-0.2, 0) is 11.3 Å². The first kappa shape index (κ1) is 14.8. The van der Waals surface area contributed by atoms with Gasteiger partial charge in [0, 0.05) is 32.0 Å². The number of aryl methyl sites for hydroxylation is 1. The summed E-state index contributed by atoms with van der Waals surface area (Å²) in [6.45, 7) is 6.75. The summed E-state index contributed by atoms with van der Waals surface area (Å²) in [7, 11) is 0. The Morgan fingerprint density at radius 1 is 1.23 bits per heavy atom. The van der Waals surface area contributed by atoms with Gasteiger partial charge in [0.25, 0.3) is 0 Å². The van der Waals surface area contributed by atoms with Crippen molar-refractivity contribution in [1.82, 2.24) is 19.7 Å². The molecule has 0 N–H and O–H groups in total. The second kappa shape index (κ2) is 5.91. The predicted octanol–water partition coefficient (Wildman–Crippen LogP) is 2.32. The minimum absolute atomic E-state index is 0.105. The maximum atomic E-state index is 12.5. The van der Waals surface area contributed by atoms with E-state index in [4.69, 9.17) is 0 Å². The summed E-state index contributed by atoms with van der Waals surface area (Å²) in [4.78, 5) is 14.5. The fourth-order valence-electron chi connectivity index (χ4n) is 3.29. The van der Waals surface area contributed by atoms with Crippen molar-refractivity contribution in [3.05, 3.63) is 48.5 Å². The second-order valence-electron chi connectivity index (χ2n) is 6.68. The smallest absolute Gasteiger partial charge is 0.224 e. The van der Waals surface area contributed by atoms with E-state index < -0.39 is 0 Å². The zero-order valence-corrected chi connectivity index (χ0v) is 13.1. The normalized spacial score (nSPS) is 20.3. The lowest BCUT2D eigenvalue weighted by Crippen LogP contribution is -2.30. The highest BCUT2D eigenvalue weighted by molar-refractivity contribution is 5.76. The van der Waals surface area contributed by atoms with Crippen LogP contribution in [-0.4, -0.2) is 38.7 Å². The third-order valence-electron chi connectivity index (χ3n) is 4.55. The number of amides is 1. The van der Waals surface area contributed by atoms with Crippen molar-refractivity contribution in [2.45, 2.75) is 32.7 Å². The van der Waals surface area contributed by atoms with E-state index >= 15 is 0 Å². The molecule has 0 spiro atoms. The van der Waals surface area contributed by atoms with Crippen molar-refractivity contribution in [3.8, 4) is 0 Å². The van der Waals surface area contributed by atoms with Crippen LogP contribution < -0.4 is 0 Å². The molecule has 116 valence electrons. The van der Waals surface area contributed by atoms with Gasteiger partial charge in [-0.05, 0) is 11.0 Å². The van der Waals surface area contributed by atoms with Crippen LogP contribution in [0.2, 0.25) is 0 Å². The molecule has 0 bridgehead atoms. The highest BCUT2D eigenvalue weighted by Gasteiger charge is 2.41. The summed E-state index contributed by atoms with van der Waals surface area (Å²) in [6.07, 6.45) is 3.79. The standard InChI is InChI=1S/C17H22N4O/c1-17(2)11-21(10-15(17)14-6-4-3-5-7-14)16(22)8-9-20-12-18-19-13-20/h3-7,12-13,15H,8-11H2,1-2H3/t15-/m0/s1. The van der Waals surface area contributed by atoms with E-state index in [9.17, 15) is 4.79 Å². The Labute approximate surface area is 131 Å². The molecule has 0 saturated carbocycles. The maximum absolute atomic E-state index is 12.5. The van der Waals surface area contributed by atoms with Crippen molar-refractivity contribution in [2.24, 2.45) is 5.41 Å². The number of aromatic nitrogens is 3. The maximum Gasteiger partial charge on any atom is 0.224 e.